The van der Waals surface area contributed by atoms with Crippen molar-refractivity contribution in [3.63, 3.8) is 0 Å². The predicted octanol–water partition coefficient (Wildman–Crippen LogP) is 6.14. The highest BCUT2D eigenvalue weighted by Crippen LogP contribution is 2.44. The Morgan fingerprint density at radius 2 is 1.75 bits per heavy atom. The lowest BCUT2D eigenvalue weighted by molar-refractivity contribution is -0.181. The lowest BCUT2D eigenvalue weighted by Gasteiger charge is -2.52. The van der Waals surface area contributed by atoms with Gasteiger partial charge in [-0.05, 0) is 54.6 Å². The standard InChI is InChI=1S/C27H37NO3Si/c1-26(2,3)32(4,5)31-24-16-10-9-15-22(24)19-27-17-11-12-18-28(27)23(20-30-25(27)29)21-13-7-6-8-14-21/h6-10,13-16,23H,11-12,17-20H2,1-5H3/t23-,27+/m0/s1. The quantitative estimate of drug-likeness (QED) is 0.404. The monoisotopic (exact) mass is 451 g/mol. The number of para-hydroxylation sites is 1. The van der Waals surface area contributed by atoms with Crippen molar-refractivity contribution in [3.8, 4) is 5.75 Å². The van der Waals surface area contributed by atoms with Gasteiger partial charge in [-0.1, -0.05) is 69.3 Å². The number of carbonyl (C=O) groups excluding carboxylic acids is 1. The molecule has 2 atom stereocenters. The molecular weight excluding hydrogens is 414 g/mol. The van der Waals surface area contributed by atoms with Crippen molar-refractivity contribution in [3.05, 3.63) is 65.7 Å². The first-order valence-corrected chi connectivity index (χ1v) is 14.8. The Kier molecular flexibility index (Phi) is 6.25. The molecule has 2 aliphatic heterocycles. The summed E-state index contributed by atoms with van der Waals surface area (Å²) >= 11 is 0. The second-order valence-corrected chi connectivity index (χ2v) is 15.6. The molecule has 32 heavy (non-hydrogen) atoms. The van der Waals surface area contributed by atoms with Crippen LogP contribution in [-0.2, 0) is 16.0 Å². The molecule has 4 nitrogen and oxygen atoms in total. The van der Waals surface area contributed by atoms with E-state index >= 15 is 0 Å². The molecule has 0 aromatic heterocycles. The molecule has 0 N–H and O–H groups in total. The van der Waals surface area contributed by atoms with Gasteiger partial charge in [0, 0.05) is 13.0 Å². The molecule has 0 aliphatic carbocycles. The first-order valence-electron chi connectivity index (χ1n) is 11.9. The molecule has 0 radical (unpaired) electrons. The molecule has 2 saturated heterocycles. The van der Waals surface area contributed by atoms with Crippen molar-refractivity contribution in [1.82, 2.24) is 4.90 Å². The van der Waals surface area contributed by atoms with Gasteiger partial charge in [0.25, 0.3) is 0 Å². The Bertz CT molecular complexity index is 953. The van der Waals surface area contributed by atoms with Gasteiger partial charge in [-0.2, -0.15) is 0 Å². The zero-order valence-electron chi connectivity index (χ0n) is 20.2. The van der Waals surface area contributed by atoms with Crippen LogP contribution in [0, 0.1) is 0 Å². The van der Waals surface area contributed by atoms with Crippen LogP contribution in [0.25, 0.3) is 0 Å². The summed E-state index contributed by atoms with van der Waals surface area (Å²) in [6.07, 6.45) is 3.60. The lowest BCUT2D eigenvalue weighted by atomic mass is 9.78. The number of cyclic esters (lactones) is 1. The SMILES string of the molecule is CC(C)(C)[Si](C)(C)Oc1ccccc1C[C@@]12CCCCN1[C@H](c1ccccc1)COC2=O. The summed E-state index contributed by atoms with van der Waals surface area (Å²) in [6.45, 7) is 12.7. The third-order valence-electron chi connectivity index (χ3n) is 7.73. The van der Waals surface area contributed by atoms with E-state index in [1.165, 1.54) is 5.56 Å². The Hall–Kier alpha value is -2.11. The maximum absolute atomic E-state index is 13.4. The van der Waals surface area contributed by atoms with Crippen LogP contribution in [0.4, 0.5) is 0 Å². The first-order chi connectivity index (χ1) is 15.1. The number of esters is 1. The number of carbonyl (C=O) groups is 1. The van der Waals surface area contributed by atoms with Crippen LogP contribution >= 0.6 is 0 Å². The number of piperidine rings is 1. The minimum Gasteiger partial charge on any atom is -0.543 e. The van der Waals surface area contributed by atoms with Gasteiger partial charge in [0.1, 0.15) is 17.9 Å². The molecule has 0 unspecified atom stereocenters. The van der Waals surface area contributed by atoms with Crippen molar-refractivity contribution in [1.29, 1.82) is 0 Å². The molecule has 2 heterocycles. The molecule has 0 spiro atoms. The third kappa shape index (κ3) is 4.25. The van der Waals surface area contributed by atoms with E-state index in [0.717, 1.165) is 37.1 Å². The highest BCUT2D eigenvalue weighted by atomic mass is 28.4. The number of nitrogens with zero attached hydrogens (tertiary/aromatic N) is 1. The highest BCUT2D eigenvalue weighted by Gasteiger charge is 2.53. The normalized spacial score (nSPS) is 24.5. The minimum atomic E-state index is -2.00. The van der Waals surface area contributed by atoms with Gasteiger partial charge in [0.2, 0.25) is 8.32 Å². The minimum absolute atomic E-state index is 0.0773. The Labute approximate surface area is 194 Å². The second-order valence-electron chi connectivity index (χ2n) is 10.9. The van der Waals surface area contributed by atoms with Crippen molar-refractivity contribution in [2.75, 3.05) is 13.2 Å². The molecule has 172 valence electrons. The van der Waals surface area contributed by atoms with Gasteiger partial charge < -0.3 is 9.16 Å². The van der Waals surface area contributed by atoms with E-state index in [2.05, 4.69) is 81.2 Å². The summed E-state index contributed by atoms with van der Waals surface area (Å²) < 4.78 is 12.6. The van der Waals surface area contributed by atoms with Crippen molar-refractivity contribution >= 4 is 14.3 Å². The van der Waals surface area contributed by atoms with E-state index in [0.29, 0.717) is 13.0 Å². The molecule has 0 bridgehead atoms. The maximum atomic E-state index is 13.4. The van der Waals surface area contributed by atoms with E-state index in [1.807, 2.05) is 12.1 Å². The summed E-state index contributed by atoms with van der Waals surface area (Å²) in [5.74, 6) is 0.847. The molecule has 2 aliphatic rings. The van der Waals surface area contributed by atoms with E-state index < -0.39 is 13.9 Å². The number of fused-ring (bicyclic) bond motifs is 1. The largest absolute Gasteiger partial charge is 0.543 e. The van der Waals surface area contributed by atoms with Crippen LogP contribution in [0.1, 0.15) is 57.2 Å². The number of ether oxygens (including phenoxy) is 1. The van der Waals surface area contributed by atoms with E-state index in [9.17, 15) is 4.79 Å². The predicted molar refractivity (Wildman–Crippen MR) is 131 cm³/mol. The first kappa shape index (κ1) is 23.1. The van der Waals surface area contributed by atoms with Crippen molar-refractivity contribution in [2.45, 2.75) is 76.2 Å². The summed E-state index contributed by atoms with van der Waals surface area (Å²) in [4.78, 5) is 15.8. The number of benzene rings is 2. The molecule has 4 rings (SSSR count). The zero-order valence-corrected chi connectivity index (χ0v) is 21.2. The molecular formula is C27H37NO3Si. The lowest BCUT2D eigenvalue weighted by Crippen LogP contribution is -2.64. The fraction of sp³-hybridized carbons (Fsp3) is 0.519. The van der Waals surface area contributed by atoms with Crippen molar-refractivity contribution in [2.24, 2.45) is 0 Å². The smallest absolute Gasteiger partial charge is 0.326 e. The van der Waals surface area contributed by atoms with Gasteiger partial charge in [0.15, 0.2) is 0 Å². The maximum Gasteiger partial charge on any atom is 0.326 e. The third-order valence-corrected chi connectivity index (χ3v) is 12.1. The zero-order chi connectivity index (χ0) is 23.0. The van der Waals surface area contributed by atoms with Gasteiger partial charge in [-0.25, -0.2) is 0 Å². The summed E-state index contributed by atoms with van der Waals surface area (Å²) in [5.41, 5.74) is 1.69. The highest BCUT2D eigenvalue weighted by molar-refractivity contribution is 6.74. The van der Waals surface area contributed by atoms with Crippen LogP contribution in [0.2, 0.25) is 18.1 Å². The number of morpholine rings is 1. The Morgan fingerprint density at radius 1 is 1.06 bits per heavy atom. The van der Waals surface area contributed by atoms with Gasteiger partial charge in [0.05, 0.1) is 6.04 Å². The van der Waals surface area contributed by atoms with Crippen molar-refractivity contribution < 1.29 is 14.0 Å². The number of rotatable bonds is 5. The molecule has 5 heteroatoms. The number of hydrogen-bond acceptors (Lipinski definition) is 4. The molecule has 2 aromatic rings. The fourth-order valence-corrected chi connectivity index (χ4v) is 5.87. The fourth-order valence-electron chi connectivity index (χ4n) is 4.82. The Balaban J connectivity index is 1.70. The average molecular weight is 452 g/mol. The van der Waals surface area contributed by atoms with Crippen LogP contribution < -0.4 is 4.43 Å². The number of hydrogen-bond donors (Lipinski definition) is 0. The van der Waals surface area contributed by atoms with E-state index in [1.54, 1.807) is 0 Å². The molecule has 2 aromatic carbocycles. The topological polar surface area (TPSA) is 38.8 Å². The van der Waals surface area contributed by atoms with Gasteiger partial charge in [-0.3, -0.25) is 9.69 Å². The molecule has 2 fully saturated rings. The summed E-state index contributed by atoms with van der Waals surface area (Å²) in [5, 5.41) is 0.109. The molecule has 0 saturated carbocycles. The van der Waals surface area contributed by atoms with Crippen LogP contribution in [0.15, 0.2) is 54.6 Å². The van der Waals surface area contributed by atoms with Gasteiger partial charge >= 0.3 is 5.97 Å². The van der Waals surface area contributed by atoms with Crippen LogP contribution in [0.3, 0.4) is 0 Å². The molecule has 0 amide bonds. The van der Waals surface area contributed by atoms with Gasteiger partial charge in [-0.15, -0.1) is 0 Å². The van der Waals surface area contributed by atoms with Crippen LogP contribution in [-0.4, -0.2) is 37.9 Å². The summed E-state index contributed by atoms with van der Waals surface area (Å²) in [6, 6.07) is 18.9. The van der Waals surface area contributed by atoms with E-state index in [-0.39, 0.29) is 17.0 Å². The van der Waals surface area contributed by atoms with Crippen LogP contribution in [0.5, 0.6) is 5.75 Å². The summed E-state index contributed by atoms with van der Waals surface area (Å²) in [7, 11) is -2.00. The van der Waals surface area contributed by atoms with E-state index in [4.69, 9.17) is 9.16 Å². The second kappa shape index (κ2) is 8.68. The Morgan fingerprint density at radius 3 is 2.47 bits per heavy atom. The average Bonchev–Trinajstić information content (AvgIpc) is 2.75.